The Hall–Kier alpha value is -5.52. The molecule has 1 aliphatic rings. The van der Waals surface area contributed by atoms with Gasteiger partial charge in [-0.1, -0.05) is 74.4 Å². The summed E-state index contributed by atoms with van der Waals surface area (Å²) < 4.78 is 13.5. The second kappa shape index (κ2) is 18.5. The lowest BCUT2D eigenvalue weighted by molar-refractivity contribution is -0.159. The van der Waals surface area contributed by atoms with Crippen LogP contribution in [0, 0.1) is 0 Å². The number of amides is 3. The van der Waals surface area contributed by atoms with E-state index in [1.54, 1.807) is 58.8 Å². The van der Waals surface area contributed by atoms with Crippen LogP contribution < -0.4 is 10.6 Å². The Balaban J connectivity index is 1.34. The molecule has 2 aromatic heterocycles. The topological polar surface area (TPSA) is 145 Å². The minimum Gasteiger partial charge on any atom is -0.458 e. The van der Waals surface area contributed by atoms with E-state index in [1.807, 2.05) is 60.2 Å². The van der Waals surface area contributed by atoms with E-state index in [-0.39, 0.29) is 25.4 Å². The van der Waals surface area contributed by atoms with E-state index in [2.05, 4.69) is 32.7 Å². The molecule has 0 radical (unpaired) electrons. The van der Waals surface area contributed by atoms with Crippen LogP contribution in [0.1, 0.15) is 82.4 Å². The number of hydrogen-bond acceptors (Lipinski definition) is 8. The fourth-order valence-electron chi connectivity index (χ4n) is 6.74. The molecule has 4 aromatic rings. The van der Waals surface area contributed by atoms with E-state index < -0.39 is 47.6 Å². The molecule has 3 atom stereocenters. The summed E-state index contributed by atoms with van der Waals surface area (Å²) in [5.41, 5.74) is 4.35. The Bertz CT molecular complexity index is 1810. The van der Waals surface area contributed by atoms with Gasteiger partial charge in [-0.25, -0.2) is 14.6 Å². The summed E-state index contributed by atoms with van der Waals surface area (Å²) in [7, 11) is 1.54. The van der Waals surface area contributed by atoms with Crippen molar-refractivity contribution in [1.82, 2.24) is 30.1 Å². The number of unbranched alkanes of at least 4 members (excludes halogenated alkanes) is 1. The molecule has 286 valence electrons. The number of ether oxygens (including phenoxy) is 2. The molecule has 2 aromatic carbocycles. The Morgan fingerprint density at radius 1 is 0.852 bits per heavy atom. The lowest BCUT2D eigenvalue weighted by Gasteiger charge is -2.30. The number of benzene rings is 2. The first-order chi connectivity index (χ1) is 25.9. The first kappa shape index (κ1) is 39.7. The maximum Gasteiger partial charge on any atom is 0.410 e. The number of hydrogen-bond donors (Lipinski definition) is 2. The van der Waals surface area contributed by atoms with Crippen molar-refractivity contribution in [2.24, 2.45) is 0 Å². The normalized spacial score (nSPS) is 13.9. The molecule has 12 nitrogen and oxygen atoms in total. The first-order valence-electron chi connectivity index (χ1n) is 18.7. The van der Waals surface area contributed by atoms with Gasteiger partial charge in [0.25, 0.3) is 0 Å². The molecule has 0 fully saturated rings. The molecular weight excluding hydrogens is 684 g/mol. The summed E-state index contributed by atoms with van der Waals surface area (Å²) in [5, 5.41) is 5.77. The number of aryl methyl sites for hydroxylation is 1. The lowest BCUT2D eigenvalue weighted by atomic mass is 9.98. The molecule has 0 saturated carbocycles. The average Bonchev–Trinajstić information content (AvgIpc) is 3.79. The van der Waals surface area contributed by atoms with Crippen molar-refractivity contribution in [3.05, 3.63) is 108 Å². The van der Waals surface area contributed by atoms with Crippen molar-refractivity contribution in [3.63, 3.8) is 0 Å². The van der Waals surface area contributed by atoms with Crippen LogP contribution in [-0.2, 0) is 36.8 Å². The summed E-state index contributed by atoms with van der Waals surface area (Å²) in [6.07, 6.45) is 10.6. The number of nitrogens with one attached hydrogen (secondary N) is 2. The lowest BCUT2D eigenvalue weighted by Crippen LogP contribution is -2.57. The average molecular weight is 737 g/mol. The SMILES string of the molecule is CCCC[C@H](NC(=O)[C@H](Cc1cccnc1)NC(=O)[C@H](CCCn1ccnc1)N(C)C(=O)OCC1c2ccccc2-c2ccccc21)C(=O)OC(C)(C)C. The van der Waals surface area contributed by atoms with Crippen LogP contribution in [0.2, 0.25) is 0 Å². The molecule has 0 bridgehead atoms. The van der Waals surface area contributed by atoms with Crippen molar-refractivity contribution in [2.45, 2.75) is 102 Å². The third-order valence-electron chi connectivity index (χ3n) is 9.50. The number of carbonyl (C=O) groups is 4. The van der Waals surface area contributed by atoms with Gasteiger partial charge in [-0.3, -0.25) is 19.5 Å². The third kappa shape index (κ3) is 10.5. The van der Waals surface area contributed by atoms with E-state index >= 15 is 0 Å². The van der Waals surface area contributed by atoms with Crippen LogP contribution in [0.15, 0.2) is 91.8 Å². The van der Waals surface area contributed by atoms with Gasteiger partial charge in [-0.2, -0.15) is 0 Å². The number of rotatable bonds is 17. The maximum atomic E-state index is 14.3. The number of nitrogens with zero attached hydrogens (tertiary/aromatic N) is 4. The first-order valence-corrected chi connectivity index (χ1v) is 18.7. The summed E-state index contributed by atoms with van der Waals surface area (Å²) in [6.45, 7) is 7.98. The number of carbonyl (C=O) groups excluding carboxylic acids is 4. The predicted octanol–water partition coefficient (Wildman–Crippen LogP) is 6.05. The Morgan fingerprint density at radius 3 is 2.15 bits per heavy atom. The van der Waals surface area contributed by atoms with Crippen molar-refractivity contribution < 1.29 is 28.7 Å². The highest BCUT2D eigenvalue weighted by molar-refractivity contribution is 5.93. The molecular formula is C42H52N6O6. The van der Waals surface area contributed by atoms with Crippen molar-refractivity contribution >= 4 is 23.9 Å². The smallest absolute Gasteiger partial charge is 0.410 e. The minimum atomic E-state index is -1.08. The Morgan fingerprint density at radius 2 is 1.54 bits per heavy atom. The van der Waals surface area contributed by atoms with Gasteiger partial charge in [0, 0.05) is 50.7 Å². The fraction of sp³-hybridized carbons (Fsp3) is 0.429. The van der Waals surface area contributed by atoms with Crippen LogP contribution >= 0.6 is 0 Å². The third-order valence-corrected chi connectivity index (χ3v) is 9.50. The van der Waals surface area contributed by atoms with Gasteiger partial charge in [0.05, 0.1) is 6.33 Å². The second-order valence-electron chi connectivity index (χ2n) is 14.7. The Kier molecular flexibility index (Phi) is 13.6. The molecule has 2 heterocycles. The molecule has 0 spiro atoms. The largest absolute Gasteiger partial charge is 0.458 e. The highest BCUT2D eigenvalue weighted by atomic mass is 16.6. The summed E-state index contributed by atoms with van der Waals surface area (Å²) >= 11 is 0. The van der Waals surface area contributed by atoms with Gasteiger partial charge < -0.3 is 24.7 Å². The van der Waals surface area contributed by atoms with Gasteiger partial charge in [-0.15, -0.1) is 0 Å². The van der Waals surface area contributed by atoms with E-state index in [0.29, 0.717) is 31.4 Å². The molecule has 2 N–H and O–H groups in total. The van der Waals surface area contributed by atoms with Crippen molar-refractivity contribution in [1.29, 1.82) is 0 Å². The standard InChI is InChI=1S/C42H52N6O6/c1-6-7-19-35(40(51)54-42(2,3)4)45-38(49)36(25-29-14-12-21-43-26-29)46-39(50)37(20-13-23-48-24-22-44-28-48)47(5)41(52)53-27-34-32-17-10-8-15-30(32)31-16-9-11-18-33(31)34/h8-12,14-18,21-22,24,26,28,34-37H,6-7,13,19-20,23,25,27H2,1-5H3,(H,45,49)(H,46,50)/t35-,36-,37-/m0/s1. The van der Waals surface area contributed by atoms with Gasteiger partial charge in [0.2, 0.25) is 11.8 Å². The number of fused-ring (bicyclic) bond motifs is 3. The van der Waals surface area contributed by atoms with E-state index in [0.717, 1.165) is 28.7 Å². The highest BCUT2D eigenvalue weighted by Crippen LogP contribution is 2.44. The predicted molar refractivity (Wildman–Crippen MR) is 205 cm³/mol. The molecule has 5 rings (SSSR count). The van der Waals surface area contributed by atoms with Gasteiger partial charge >= 0.3 is 12.1 Å². The molecule has 0 saturated heterocycles. The van der Waals surface area contributed by atoms with E-state index in [9.17, 15) is 19.2 Å². The molecule has 12 heteroatoms. The van der Waals surface area contributed by atoms with Gasteiger partial charge in [0.1, 0.15) is 30.3 Å². The number of likely N-dealkylation sites (N-methyl/N-ethyl adjacent to an activating group) is 1. The van der Waals surface area contributed by atoms with Crippen LogP contribution in [0.5, 0.6) is 0 Å². The van der Waals surface area contributed by atoms with Crippen molar-refractivity contribution in [3.8, 4) is 11.1 Å². The molecule has 1 aliphatic carbocycles. The molecule has 0 aliphatic heterocycles. The van der Waals surface area contributed by atoms with E-state index in [1.165, 1.54) is 4.90 Å². The molecule has 3 amide bonds. The minimum absolute atomic E-state index is 0.0937. The summed E-state index contributed by atoms with van der Waals surface area (Å²) in [6, 6.07) is 16.8. The zero-order valence-corrected chi connectivity index (χ0v) is 31.9. The number of imidazole rings is 1. The number of aromatic nitrogens is 3. The number of pyridine rings is 1. The van der Waals surface area contributed by atoms with Gasteiger partial charge in [-0.05, 0) is 73.9 Å². The maximum absolute atomic E-state index is 14.3. The van der Waals surface area contributed by atoms with Crippen LogP contribution in [-0.4, -0.2) is 80.7 Å². The van der Waals surface area contributed by atoms with Crippen LogP contribution in [0.25, 0.3) is 11.1 Å². The quantitative estimate of drug-likeness (QED) is 0.125. The van der Waals surface area contributed by atoms with Gasteiger partial charge in [0.15, 0.2) is 0 Å². The summed E-state index contributed by atoms with van der Waals surface area (Å²) in [5.74, 6) is -1.76. The molecule has 54 heavy (non-hydrogen) atoms. The fourth-order valence-corrected chi connectivity index (χ4v) is 6.74. The van der Waals surface area contributed by atoms with Crippen LogP contribution in [0.3, 0.4) is 0 Å². The Labute approximate surface area is 317 Å². The number of esters is 1. The monoisotopic (exact) mass is 736 g/mol. The molecule has 0 unspecified atom stereocenters. The highest BCUT2D eigenvalue weighted by Gasteiger charge is 2.35. The van der Waals surface area contributed by atoms with Crippen molar-refractivity contribution in [2.75, 3.05) is 13.7 Å². The zero-order chi connectivity index (χ0) is 38.7. The van der Waals surface area contributed by atoms with Crippen LogP contribution in [0.4, 0.5) is 4.79 Å². The van der Waals surface area contributed by atoms with E-state index in [4.69, 9.17) is 9.47 Å². The second-order valence-corrected chi connectivity index (χ2v) is 14.7. The zero-order valence-electron chi connectivity index (χ0n) is 31.9. The summed E-state index contributed by atoms with van der Waals surface area (Å²) in [4.78, 5) is 64.8.